The molecule has 1 aromatic rings. The van der Waals surface area contributed by atoms with Gasteiger partial charge in [0.2, 0.25) is 0 Å². The highest BCUT2D eigenvalue weighted by Gasteiger charge is 2.25. The zero-order valence-electron chi connectivity index (χ0n) is 13.0. The molecule has 0 saturated carbocycles. The monoisotopic (exact) mass is 328 g/mol. The van der Waals surface area contributed by atoms with Crippen LogP contribution in [0.5, 0.6) is 0 Å². The number of likely N-dealkylation sites (N-methyl/N-ethyl adjacent to an activating group) is 1. The summed E-state index contributed by atoms with van der Waals surface area (Å²) in [7, 11) is 0. The second-order valence-corrected chi connectivity index (χ2v) is 6.95. The molecule has 0 aromatic carbocycles. The summed E-state index contributed by atoms with van der Waals surface area (Å²) in [5, 5.41) is 1.12. The van der Waals surface area contributed by atoms with Gasteiger partial charge in [0, 0.05) is 26.1 Å². The Morgan fingerprint density at radius 3 is 2.81 bits per heavy atom. The third-order valence-corrected chi connectivity index (χ3v) is 6.04. The lowest BCUT2D eigenvalue weighted by Gasteiger charge is -2.25. The highest BCUT2D eigenvalue weighted by Crippen LogP contribution is 2.44. The smallest absolute Gasteiger partial charge is 0.174 e. The maximum atomic E-state index is 12.0. The first kappa shape index (κ1) is 16.6. The lowest BCUT2D eigenvalue weighted by Crippen LogP contribution is -2.31. The summed E-state index contributed by atoms with van der Waals surface area (Å²) in [5.74, 6) is 0.132. The van der Waals surface area contributed by atoms with Crippen molar-refractivity contribution >= 4 is 39.6 Å². The van der Waals surface area contributed by atoms with Crippen LogP contribution in [0.3, 0.4) is 0 Å². The minimum absolute atomic E-state index is 0.132. The summed E-state index contributed by atoms with van der Waals surface area (Å²) in [4.78, 5) is 16.1. The van der Waals surface area contributed by atoms with Crippen molar-refractivity contribution in [3.63, 3.8) is 0 Å². The highest BCUT2D eigenvalue weighted by atomic mass is 32.2. The number of ketones is 1. The van der Waals surface area contributed by atoms with Crippen molar-refractivity contribution in [3.8, 4) is 0 Å². The van der Waals surface area contributed by atoms with Crippen LogP contribution < -0.4 is 10.6 Å². The number of hydrogen-bond acceptors (Lipinski definition) is 6. The van der Waals surface area contributed by atoms with Gasteiger partial charge in [-0.3, -0.25) is 4.79 Å². The molecule has 1 saturated heterocycles. The van der Waals surface area contributed by atoms with Crippen LogP contribution >= 0.6 is 23.1 Å². The molecule has 4 nitrogen and oxygen atoms in total. The summed E-state index contributed by atoms with van der Waals surface area (Å²) in [6.45, 7) is 6.65. The number of carbonyl (C=O) groups excluding carboxylic acids is 1. The molecule has 0 bridgehead atoms. The first-order valence-corrected chi connectivity index (χ1v) is 9.52. The number of rotatable bonds is 7. The van der Waals surface area contributed by atoms with Crippen molar-refractivity contribution in [3.05, 3.63) is 4.88 Å². The molecule has 0 spiro atoms. The Hall–Kier alpha value is -0.720. The predicted octanol–water partition coefficient (Wildman–Crippen LogP) is 3.65. The molecule has 6 heteroatoms. The van der Waals surface area contributed by atoms with E-state index in [4.69, 9.17) is 10.5 Å². The van der Waals surface area contributed by atoms with Gasteiger partial charge in [0.1, 0.15) is 5.00 Å². The number of nitrogens with zero attached hydrogens (tertiary/aromatic N) is 1. The Morgan fingerprint density at radius 1 is 1.52 bits per heavy atom. The van der Waals surface area contributed by atoms with Gasteiger partial charge in [-0.15, -0.1) is 23.1 Å². The Labute approximate surface area is 135 Å². The first-order valence-electron chi connectivity index (χ1n) is 7.48. The van der Waals surface area contributed by atoms with E-state index in [1.165, 1.54) is 11.3 Å². The van der Waals surface area contributed by atoms with Crippen LogP contribution in [0.1, 0.15) is 42.8 Å². The van der Waals surface area contributed by atoms with E-state index in [0.717, 1.165) is 42.4 Å². The molecular weight excluding hydrogens is 304 g/mol. The molecule has 1 atom stereocenters. The number of hydrogen-bond donors (Lipinski definition) is 1. The number of nitrogens with two attached hydrogens (primary N) is 1. The van der Waals surface area contributed by atoms with Gasteiger partial charge >= 0.3 is 0 Å². The van der Waals surface area contributed by atoms with Gasteiger partial charge in [0.05, 0.1) is 21.6 Å². The van der Waals surface area contributed by atoms with E-state index in [2.05, 4.69) is 11.8 Å². The van der Waals surface area contributed by atoms with Crippen molar-refractivity contribution in [1.82, 2.24) is 0 Å². The number of anilines is 2. The molecule has 2 rings (SSSR count). The lowest BCUT2D eigenvalue weighted by atomic mass is 10.2. The molecule has 0 radical (unpaired) electrons. The van der Waals surface area contributed by atoms with Gasteiger partial charge in [0.25, 0.3) is 0 Å². The molecule has 1 aliphatic heterocycles. The van der Waals surface area contributed by atoms with Crippen LogP contribution in [-0.2, 0) is 4.74 Å². The van der Waals surface area contributed by atoms with E-state index in [0.29, 0.717) is 23.1 Å². The third kappa shape index (κ3) is 3.55. The summed E-state index contributed by atoms with van der Waals surface area (Å²) in [6.07, 6.45) is 5.07. The van der Waals surface area contributed by atoms with Crippen LogP contribution in [0.15, 0.2) is 4.90 Å². The second kappa shape index (κ2) is 7.51. The number of carbonyl (C=O) groups is 1. The van der Waals surface area contributed by atoms with Crippen molar-refractivity contribution in [2.24, 2.45) is 0 Å². The molecule has 0 aliphatic carbocycles. The van der Waals surface area contributed by atoms with Gasteiger partial charge in [-0.05, 0) is 26.0 Å². The Bertz CT molecular complexity index is 496. The largest absolute Gasteiger partial charge is 0.396 e. The fraction of sp³-hybridized carbons (Fsp3) is 0.667. The highest BCUT2D eigenvalue weighted by molar-refractivity contribution is 7.99. The summed E-state index contributed by atoms with van der Waals surface area (Å²) in [5.41, 5.74) is 6.86. The summed E-state index contributed by atoms with van der Waals surface area (Å²) >= 11 is 3.16. The van der Waals surface area contributed by atoms with Crippen molar-refractivity contribution in [1.29, 1.82) is 0 Å². The van der Waals surface area contributed by atoms with Crippen molar-refractivity contribution in [2.45, 2.75) is 44.1 Å². The minimum atomic E-state index is 0.132. The Morgan fingerprint density at radius 2 is 2.29 bits per heavy atom. The average molecular weight is 329 g/mol. The molecule has 118 valence electrons. The minimum Gasteiger partial charge on any atom is -0.396 e. The van der Waals surface area contributed by atoms with E-state index < -0.39 is 0 Å². The van der Waals surface area contributed by atoms with Crippen LogP contribution in [0.25, 0.3) is 0 Å². The zero-order valence-corrected chi connectivity index (χ0v) is 14.6. The average Bonchev–Trinajstić information content (AvgIpc) is 3.11. The van der Waals surface area contributed by atoms with Crippen molar-refractivity contribution < 1.29 is 9.53 Å². The molecule has 2 heterocycles. The summed E-state index contributed by atoms with van der Waals surface area (Å²) in [6, 6.07) is 0. The zero-order chi connectivity index (χ0) is 15.4. The fourth-order valence-electron chi connectivity index (χ4n) is 2.58. The van der Waals surface area contributed by atoms with E-state index in [9.17, 15) is 4.79 Å². The number of ether oxygens (including phenoxy) is 1. The molecule has 1 fully saturated rings. The van der Waals surface area contributed by atoms with Crippen molar-refractivity contribution in [2.75, 3.05) is 36.6 Å². The van der Waals surface area contributed by atoms with E-state index in [1.54, 1.807) is 11.8 Å². The van der Waals surface area contributed by atoms with E-state index in [1.807, 2.05) is 13.2 Å². The number of nitrogen functional groups attached to an aromatic ring is 1. The van der Waals surface area contributed by atoms with Gasteiger partial charge in [-0.25, -0.2) is 0 Å². The standard InChI is InChI=1S/C15H24N2O2S2/c1-4-11(18)13-12(16)14(20-3)15(21-13)17(5-2)9-10-7-6-8-19-10/h10H,4-9,16H2,1-3H3. The molecule has 1 aromatic heterocycles. The van der Waals surface area contributed by atoms with E-state index >= 15 is 0 Å². The maximum absolute atomic E-state index is 12.0. The topological polar surface area (TPSA) is 55.6 Å². The lowest BCUT2D eigenvalue weighted by molar-refractivity contribution is 0.0992. The van der Waals surface area contributed by atoms with Crippen LogP contribution in [0, 0.1) is 0 Å². The maximum Gasteiger partial charge on any atom is 0.174 e. The first-order chi connectivity index (χ1) is 10.1. The number of Topliss-reactive ketones (excluding diaryl/α,β-unsaturated/α-hetero) is 1. The van der Waals surface area contributed by atoms with Gasteiger partial charge in [-0.1, -0.05) is 6.92 Å². The molecule has 1 unspecified atom stereocenters. The van der Waals surface area contributed by atoms with E-state index in [-0.39, 0.29) is 5.78 Å². The SMILES string of the molecule is CCC(=O)c1sc(N(CC)CC2CCCO2)c(SC)c1N. The third-order valence-electron chi connectivity index (χ3n) is 3.78. The molecule has 21 heavy (non-hydrogen) atoms. The molecular formula is C15H24N2O2S2. The second-order valence-electron chi connectivity index (χ2n) is 5.13. The summed E-state index contributed by atoms with van der Waals surface area (Å²) < 4.78 is 5.74. The van der Waals surface area contributed by atoms with Gasteiger partial charge < -0.3 is 15.4 Å². The van der Waals surface area contributed by atoms with Crippen LogP contribution in [-0.4, -0.2) is 37.8 Å². The number of thiophene rings is 1. The Kier molecular flexibility index (Phi) is 5.96. The van der Waals surface area contributed by atoms with Crippen LogP contribution in [0.2, 0.25) is 0 Å². The molecule has 2 N–H and O–H groups in total. The van der Waals surface area contributed by atoms with Gasteiger partial charge in [-0.2, -0.15) is 0 Å². The Balaban J connectivity index is 2.28. The fourth-order valence-corrected chi connectivity index (χ4v) is 4.84. The predicted molar refractivity (Wildman–Crippen MR) is 92.0 cm³/mol. The molecule has 0 amide bonds. The molecule has 1 aliphatic rings. The quantitative estimate of drug-likeness (QED) is 0.611. The van der Waals surface area contributed by atoms with Crippen LogP contribution in [0.4, 0.5) is 10.7 Å². The normalized spacial score (nSPS) is 18.1. The van der Waals surface area contributed by atoms with Gasteiger partial charge in [0.15, 0.2) is 5.78 Å². The number of thioether (sulfide) groups is 1.